The quantitative estimate of drug-likeness (QED) is 0.737. The predicted molar refractivity (Wildman–Crippen MR) is 84.6 cm³/mol. The molecule has 1 heterocycles. The molecule has 3 nitrogen and oxygen atoms in total. The van der Waals surface area contributed by atoms with Crippen LogP contribution in [0.5, 0.6) is 0 Å². The SMILES string of the molecule is CCC[NH+]1CCC(NC(=S)Nc2ccc(F)cc2)CC1. The summed E-state index contributed by atoms with van der Waals surface area (Å²) >= 11 is 5.31. The number of benzene rings is 1. The number of thiocarbonyl (C=S) groups is 1. The lowest BCUT2D eigenvalue weighted by molar-refractivity contribution is -0.905. The summed E-state index contributed by atoms with van der Waals surface area (Å²) in [5, 5.41) is 7.08. The van der Waals surface area contributed by atoms with Gasteiger partial charge in [-0.25, -0.2) is 4.39 Å². The molecule has 0 aliphatic carbocycles. The Balaban J connectivity index is 1.74. The molecule has 2 rings (SSSR count). The van der Waals surface area contributed by atoms with Gasteiger partial charge in [-0.15, -0.1) is 0 Å². The molecule has 5 heteroatoms. The van der Waals surface area contributed by atoms with Crippen molar-refractivity contribution in [3.8, 4) is 0 Å². The summed E-state index contributed by atoms with van der Waals surface area (Å²) in [5.74, 6) is -0.235. The van der Waals surface area contributed by atoms with Gasteiger partial charge in [-0.1, -0.05) is 6.92 Å². The first kappa shape index (κ1) is 15.2. The molecule has 0 aromatic heterocycles. The number of hydrogen-bond donors (Lipinski definition) is 3. The van der Waals surface area contributed by atoms with Crippen molar-refractivity contribution in [1.82, 2.24) is 5.32 Å². The van der Waals surface area contributed by atoms with Crippen LogP contribution in [0.1, 0.15) is 26.2 Å². The maximum Gasteiger partial charge on any atom is 0.171 e. The summed E-state index contributed by atoms with van der Waals surface area (Å²) in [6.45, 7) is 5.93. The van der Waals surface area contributed by atoms with E-state index in [1.54, 1.807) is 17.0 Å². The molecule has 1 fully saturated rings. The second-order valence-electron chi connectivity index (χ2n) is 5.38. The number of hydrogen-bond acceptors (Lipinski definition) is 1. The van der Waals surface area contributed by atoms with Crippen molar-refractivity contribution in [2.45, 2.75) is 32.2 Å². The van der Waals surface area contributed by atoms with Crippen molar-refractivity contribution in [2.24, 2.45) is 0 Å². The van der Waals surface area contributed by atoms with Gasteiger partial charge in [-0.05, 0) is 42.9 Å². The van der Waals surface area contributed by atoms with E-state index >= 15 is 0 Å². The van der Waals surface area contributed by atoms with E-state index in [2.05, 4.69) is 17.6 Å². The van der Waals surface area contributed by atoms with Crippen molar-refractivity contribution < 1.29 is 9.29 Å². The largest absolute Gasteiger partial charge is 0.359 e. The molecule has 0 radical (unpaired) electrons. The van der Waals surface area contributed by atoms with Gasteiger partial charge in [0.2, 0.25) is 0 Å². The third-order valence-corrected chi connectivity index (χ3v) is 3.95. The summed E-state index contributed by atoms with van der Waals surface area (Å²) < 4.78 is 12.8. The average molecular weight is 296 g/mol. The van der Waals surface area contributed by atoms with Crippen LogP contribution in [0.25, 0.3) is 0 Å². The van der Waals surface area contributed by atoms with E-state index in [0.29, 0.717) is 11.2 Å². The Morgan fingerprint density at radius 3 is 2.55 bits per heavy atom. The second kappa shape index (κ2) is 7.55. The smallest absolute Gasteiger partial charge is 0.171 e. The maximum absolute atomic E-state index is 12.8. The maximum atomic E-state index is 12.8. The molecule has 20 heavy (non-hydrogen) atoms. The fourth-order valence-corrected chi connectivity index (χ4v) is 2.94. The second-order valence-corrected chi connectivity index (χ2v) is 5.79. The zero-order valence-electron chi connectivity index (χ0n) is 11.9. The molecule has 0 amide bonds. The van der Waals surface area contributed by atoms with Crippen LogP contribution in [0.2, 0.25) is 0 Å². The van der Waals surface area contributed by atoms with Crippen LogP contribution in [0.3, 0.4) is 0 Å². The predicted octanol–water partition coefficient (Wildman–Crippen LogP) is 1.57. The van der Waals surface area contributed by atoms with Crippen LogP contribution in [0.4, 0.5) is 10.1 Å². The topological polar surface area (TPSA) is 28.5 Å². The van der Waals surface area contributed by atoms with E-state index in [4.69, 9.17) is 12.2 Å². The lowest BCUT2D eigenvalue weighted by atomic mass is 10.1. The highest BCUT2D eigenvalue weighted by Crippen LogP contribution is 2.08. The Hall–Kier alpha value is -1.20. The molecule has 0 unspecified atom stereocenters. The fourth-order valence-electron chi connectivity index (χ4n) is 2.66. The first-order valence-corrected chi connectivity index (χ1v) is 7.75. The Morgan fingerprint density at radius 2 is 1.95 bits per heavy atom. The molecule has 1 aromatic rings. The third kappa shape index (κ3) is 4.72. The van der Waals surface area contributed by atoms with Crippen LogP contribution in [-0.4, -0.2) is 30.8 Å². The van der Waals surface area contributed by atoms with E-state index in [1.807, 2.05) is 0 Å². The van der Waals surface area contributed by atoms with Crippen LogP contribution < -0.4 is 15.5 Å². The standard InChI is InChI=1S/C15H22FN3S/c1-2-9-19-10-7-14(8-11-19)18-15(20)17-13-5-3-12(16)4-6-13/h3-6,14H,2,7-11H2,1H3,(H2,17,18,20)/p+1. The molecule has 1 aromatic carbocycles. The van der Waals surface area contributed by atoms with Crippen LogP contribution in [0, 0.1) is 5.82 Å². The number of rotatable bonds is 4. The molecular weight excluding hydrogens is 273 g/mol. The first-order valence-electron chi connectivity index (χ1n) is 7.34. The minimum Gasteiger partial charge on any atom is -0.359 e. The summed E-state index contributed by atoms with van der Waals surface area (Å²) in [6.07, 6.45) is 3.55. The minimum atomic E-state index is -0.235. The normalized spacial score (nSPS) is 22.3. The lowest BCUT2D eigenvalue weighted by Gasteiger charge is -2.30. The average Bonchev–Trinajstić information content (AvgIpc) is 2.44. The molecule has 3 N–H and O–H groups in total. The Bertz CT molecular complexity index is 427. The summed E-state index contributed by atoms with van der Waals surface area (Å²) in [6, 6.07) is 6.69. The number of likely N-dealkylation sites (tertiary alicyclic amines) is 1. The van der Waals surface area contributed by atoms with Crippen LogP contribution >= 0.6 is 12.2 Å². The van der Waals surface area contributed by atoms with Crippen molar-refractivity contribution in [3.05, 3.63) is 30.1 Å². The Kier molecular flexibility index (Phi) is 5.73. The zero-order valence-corrected chi connectivity index (χ0v) is 12.7. The number of piperidine rings is 1. The van der Waals surface area contributed by atoms with Crippen molar-refractivity contribution >= 4 is 23.0 Å². The number of halogens is 1. The molecule has 0 saturated carbocycles. The molecule has 110 valence electrons. The van der Waals surface area contributed by atoms with Gasteiger partial charge >= 0.3 is 0 Å². The van der Waals surface area contributed by atoms with Crippen LogP contribution in [0.15, 0.2) is 24.3 Å². The van der Waals surface area contributed by atoms with Gasteiger partial charge in [0.25, 0.3) is 0 Å². The zero-order chi connectivity index (χ0) is 14.4. The summed E-state index contributed by atoms with van der Waals surface area (Å²) in [5.41, 5.74) is 0.818. The molecule has 0 bridgehead atoms. The third-order valence-electron chi connectivity index (χ3n) is 3.73. The van der Waals surface area contributed by atoms with Gasteiger partial charge in [0.1, 0.15) is 5.82 Å². The highest BCUT2D eigenvalue weighted by atomic mass is 32.1. The van der Waals surface area contributed by atoms with E-state index < -0.39 is 0 Å². The Labute approximate surface area is 125 Å². The van der Waals surface area contributed by atoms with Gasteiger partial charge in [0, 0.05) is 24.6 Å². The van der Waals surface area contributed by atoms with Crippen molar-refractivity contribution in [3.63, 3.8) is 0 Å². The van der Waals surface area contributed by atoms with Crippen LogP contribution in [-0.2, 0) is 0 Å². The lowest BCUT2D eigenvalue weighted by Crippen LogP contribution is -3.13. The highest BCUT2D eigenvalue weighted by Gasteiger charge is 2.21. The minimum absolute atomic E-state index is 0.235. The molecular formula is C15H23FN3S+. The van der Waals surface area contributed by atoms with E-state index in [1.165, 1.54) is 38.2 Å². The number of nitrogens with one attached hydrogen (secondary N) is 3. The van der Waals surface area contributed by atoms with Gasteiger partial charge in [0.15, 0.2) is 5.11 Å². The molecule has 1 saturated heterocycles. The van der Waals surface area contributed by atoms with E-state index in [9.17, 15) is 4.39 Å². The molecule has 0 spiro atoms. The molecule has 1 aliphatic rings. The number of quaternary nitrogens is 1. The summed E-state index contributed by atoms with van der Waals surface area (Å²) in [7, 11) is 0. The Morgan fingerprint density at radius 1 is 1.30 bits per heavy atom. The monoisotopic (exact) mass is 296 g/mol. The van der Waals surface area contributed by atoms with Gasteiger partial charge in [-0.2, -0.15) is 0 Å². The van der Waals surface area contributed by atoms with Gasteiger partial charge in [-0.3, -0.25) is 0 Å². The summed E-state index contributed by atoms with van der Waals surface area (Å²) in [4.78, 5) is 1.70. The van der Waals surface area contributed by atoms with Crippen molar-refractivity contribution in [2.75, 3.05) is 25.0 Å². The molecule has 0 atom stereocenters. The van der Waals surface area contributed by atoms with Gasteiger partial charge < -0.3 is 15.5 Å². The van der Waals surface area contributed by atoms with Gasteiger partial charge in [0.05, 0.1) is 19.6 Å². The van der Waals surface area contributed by atoms with E-state index in [0.717, 1.165) is 18.5 Å². The van der Waals surface area contributed by atoms with Crippen molar-refractivity contribution in [1.29, 1.82) is 0 Å². The first-order chi connectivity index (χ1) is 9.67. The number of anilines is 1. The molecule has 1 aliphatic heterocycles. The highest BCUT2D eigenvalue weighted by molar-refractivity contribution is 7.80. The van der Waals surface area contributed by atoms with E-state index in [-0.39, 0.29) is 5.82 Å². The fraction of sp³-hybridized carbons (Fsp3) is 0.533.